The van der Waals surface area contributed by atoms with E-state index in [0.29, 0.717) is 60.6 Å². The lowest BCUT2D eigenvalue weighted by molar-refractivity contribution is -0.117. The lowest BCUT2D eigenvalue weighted by atomic mass is 10.1. The van der Waals surface area contributed by atoms with Crippen LogP contribution in [-0.4, -0.2) is 43.4 Å². The van der Waals surface area contributed by atoms with Crippen molar-refractivity contribution in [1.82, 2.24) is 10.3 Å². The Hall–Kier alpha value is -4.05. The third kappa shape index (κ3) is 7.23. The summed E-state index contributed by atoms with van der Waals surface area (Å²) in [5.41, 5.74) is 3.20. The van der Waals surface area contributed by atoms with Crippen molar-refractivity contribution >= 4 is 75.6 Å². The monoisotopic (exact) mass is 630 g/mol. The number of Topliss-reactive ketones (excluding diaryl/α,β-unsaturated/α-hetero) is 1. The third-order valence-corrected chi connectivity index (χ3v) is 7.07. The number of pyridine rings is 1. The predicted octanol–water partition coefficient (Wildman–Crippen LogP) is 6.85. The van der Waals surface area contributed by atoms with Crippen molar-refractivity contribution in [2.45, 2.75) is 20.5 Å². The Bertz CT molecular complexity index is 1630. The molecule has 220 valence electrons. The van der Waals surface area contributed by atoms with E-state index in [0.717, 1.165) is 0 Å². The van der Waals surface area contributed by atoms with Crippen molar-refractivity contribution < 1.29 is 23.9 Å². The van der Waals surface area contributed by atoms with Crippen molar-refractivity contribution in [2.24, 2.45) is 0 Å². The van der Waals surface area contributed by atoms with Crippen LogP contribution in [0.1, 0.15) is 28.5 Å². The van der Waals surface area contributed by atoms with Gasteiger partial charge in [-0.25, -0.2) is 9.78 Å². The highest BCUT2D eigenvalue weighted by Gasteiger charge is 2.22. The van der Waals surface area contributed by atoms with Gasteiger partial charge < -0.3 is 25.0 Å². The lowest BCUT2D eigenvalue weighted by Gasteiger charge is -2.22. The molecule has 3 amide bonds. The highest BCUT2D eigenvalue weighted by Crippen LogP contribution is 2.42. The van der Waals surface area contributed by atoms with Gasteiger partial charge in [-0.3, -0.25) is 9.59 Å². The van der Waals surface area contributed by atoms with Crippen molar-refractivity contribution in [3.8, 4) is 11.5 Å². The van der Waals surface area contributed by atoms with Crippen molar-refractivity contribution in [3.63, 3.8) is 0 Å². The molecule has 0 bridgehead atoms. The molecule has 0 aliphatic rings. The Morgan fingerprint density at radius 3 is 2.31 bits per heavy atom. The molecule has 3 aromatic carbocycles. The summed E-state index contributed by atoms with van der Waals surface area (Å²) in [6.45, 7) is 3.02. The molecule has 0 aliphatic heterocycles. The van der Waals surface area contributed by atoms with Crippen LogP contribution < -0.4 is 25.0 Å². The van der Waals surface area contributed by atoms with Gasteiger partial charge in [0.15, 0.2) is 17.3 Å². The van der Waals surface area contributed by atoms with Crippen LogP contribution in [0.15, 0.2) is 60.7 Å². The SMILES string of the molecule is COc1c(OCc2c(Cl)cccc2Cl)c(C)nc2cccc(N(C)C(=O)CNC(=O)Nc3cccc(C(C)=O)c3)c12.Cl. The Labute approximate surface area is 259 Å². The van der Waals surface area contributed by atoms with E-state index in [9.17, 15) is 14.4 Å². The maximum absolute atomic E-state index is 13.1. The molecular formula is C30H29Cl3N4O5. The number of methoxy groups -OCH3 is 1. The van der Waals surface area contributed by atoms with Gasteiger partial charge in [-0.15, -0.1) is 12.4 Å². The first-order valence-corrected chi connectivity index (χ1v) is 13.3. The number of carbonyl (C=O) groups excluding carboxylic acids is 3. The normalized spacial score (nSPS) is 10.4. The zero-order valence-electron chi connectivity index (χ0n) is 23.3. The summed E-state index contributed by atoms with van der Waals surface area (Å²) in [4.78, 5) is 43.3. The molecule has 0 aliphatic carbocycles. The summed E-state index contributed by atoms with van der Waals surface area (Å²) in [7, 11) is 3.10. The molecule has 0 spiro atoms. The number of benzene rings is 3. The number of urea groups is 1. The molecule has 0 unspecified atom stereocenters. The molecule has 42 heavy (non-hydrogen) atoms. The van der Waals surface area contributed by atoms with Crippen LogP contribution in [0.4, 0.5) is 16.2 Å². The predicted molar refractivity (Wildman–Crippen MR) is 168 cm³/mol. The van der Waals surface area contributed by atoms with Crippen LogP contribution in [0.5, 0.6) is 11.5 Å². The molecule has 1 aromatic heterocycles. The summed E-state index contributed by atoms with van der Waals surface area (Å²) in [5, 5.41) is 6.68. The summed E-state index contributed by atoms with van der Waals surface area (Å²) in [5.74, 6) is 0.261. The Morgan fingerprint density at radius 2 is 1.64 bits per heavy atom. The van der Waals surface area contributed by atoms with Crippen LogP contribution in [-0.2, 0) is 11.4 Å². The molecule has 0 fully saturated rings. The Balaban J connectivity index is 0.00000484. The van der Waals surface area contributed by atoms with Crippen LogP contribution in [0.25, 0.3) is 10.9 Å². The number of amides is 3. The van der Waals surface area contributed by atoms with E-state index in [1.165, 1.54) is 18.9 Å². The van der Waals surface area contributed by atoms with E-state index < -0.39 is 11.9 Å². The first kappa shape index (κ1) is 32.5. The zero-order chi connectivity index (χ0) is 29.7. The summed E-state index contributed by atoms with van der Waals surface area (Å²) in [6, 6.07) is 16.5. The number of hydrogen-bond donors (Lipinski definition) is 2. The highest BCUT2D eigenvalue weighted by molar-refractivity contribution is 6.36. The fourth-order valence-electron chi connectivity index (χ4n) is 4.22. The molecule has 2 N–H and O–H groups in total. The smallest absolute Gasteiger partial charge is 0.319 e. The molecule has 9 nitrogen and oxygen atoms in total. The molecule has 1 heterocycles. The average Bonchev–Trinajstić information content (AvgIpc) is 2.95. The van der Waals surface area contributed by atoms with Crippen molar-refractivity contribution in [2.75, 3.05) is 30.9 Å². The maximum atomic E-state index is 13.1. The van der Waals surface area contributed by atoms with E-state index in [1.54, 1.807) is 68.6 Å². The quantitative estimate of drug-likeness (QED) is 0.196. The number of nitrogens with zero attached hydrogens (tertiary/aromatic N) is 2. The number of ether oxygens (including phenoxy) is 2. The van der Waals surface area contributed by atoms with Crippen LogP contribution in [0.3, 0.4) is 0 Å². The lowest BCUT2D eigenvalue weighted by Crippen LogP contribution is -2.40. The van der Waals surface area contributed by atoms with Crippen LogP contribution in [0.2, 0.25) is 10.0 Å². The third-order valence-electron chi connectivity index (χ3n) is 6.36. The number of nitrogens with one attached hydrogen (secondary N) is 2. The number of hydrogen-bond acceptors (Lipinski definition) is 6. The number of aromatic nitrogens is 1. The second kappa shape index (κ2) is 14.2. The number of rotatable bonds is 9. The van der Waals surface area contributed by atoms with Gasteiger partial charge in [0.1, 0.15) is 6.61 Å². The van der Waals surface area contributed by atoms with Crippen molar-refractivity contribution in [1.29, 1.82) is 0 Å². The summed E-state index contributed by atoms with van der Waals surface area (Å²) >= 11 is 12.6. The maximum Gasteiger partial charge on any atom is 0.319 e. The molecule has 0 atom stereocenters. The fourth-order valence-corrected chi connectivity index (χ4v) is 4.73. The number of fused-ring (bicyclic) bond motifs is 1. The van der Waals surface area contributed by atoms with Crippen LogP contribution in [0, 0.1) is 6.92 Å². The van der Waals surface area contributed by atoms with Gasteiger partial charge in [0.05, 0.1) is 35.9 Å². The van der Waals surface area contributed by atoms with Gasteiger partial charge in [0.25, 0.3) is 0 Å². The number of likely N-dealkylation sites (N-methyl/N-ethyl adjacent to an activating group) is 1. The first-order valence-electron chi connectivity index (χ1n) is 12.6. The number of carbonyl (C=O) groups is 3. The average molecular weight is 632 g/mol. The molecular weight excluding hydrogens is 603 g/mol. The Kier molecular flexibility index (Phi) is 11.0. The van der Waals surface area contributed by atoms with E-state index >= 15 is 0 Å². The minimum absolute atomic E-state index is 0. The Morgan fingerprint density at radius 1 is 0.976 bits per heavy atom. The van der Waals surface area contributed by atoms with E-state index in [2.05, 4.69) is 15.6 Å². The molecule has 0 saturated carbocycles. The molecule has 4 aromatic rings. The fraction of sp³-hybridized carbons (Fsp3) is 0.200. The molecule has 4 rings (SSSR count). The van der Waals surface area contributed by atoms with Gasteiger partial charge in [-0.1, -0.05) is 47.5 Å². The first-order chi connectivity index (χ1) is 19.6. The summed E-state index contributed by atoms with van der Waals surface area (Å²) < 4.78 is 11.9. The highest BCUT2D eigenvalue weighted by atomic mass is 35.5. The second-order valence-electron chi connectivity index (χ2n) is 9.12. The van der Waals surface area contributed by atoms with Crippen LogP contribution >= 0.6 is 35.6 Å². The standard InChI is InChI=1S/C30H28Cl2N4O5.ClH/c1-17-28(41-16-21-22(31)10-6-11-23(21)32)29(40-4)27-24(34-17)12-7-13-25(27)36(3)26(38)15-33-30(39)35-20-9-5-8-19(14-20)18(2)37;/h5-14H,15-16H2,1-4H3,(H2,33,35,39);1H. The minimum atomic E-state index is -0.589. The number of ketones is 1. The number of aryl methyl sites for hydroxylation is 1. The number of halogens is 3. The van der Waals surface area contributed by atoms with Gasteiger partial charge >= 0.3 is 6.03 Å². The second-order valence-corrected chi connectivity index (χ2v) is 9.93. The van der Waals surface area contributed by atoms with Gasteiger partial charge in [0.2, 0.25) is 5.91 Å². The van der Waals surface area contributed by atoms with Gasteiger partial charge in [-0.2, -0.15) is 0 Å². The molecule has 12 heteroatoms. The van der Waals surface area contributed by atoms with Gasteiger partial charge in [0, 0.05) is 33.9 Å². The van der Waals surface area contributed by atoms with Gasteiger partial charge in [-0.05, 0) is 50.2 Å². The largest absolute Gasteiger partial charge is 0.492 e. The molecule has 0 saturated heterocycles. The molecule has 0 radical (unpaired) electrons. The van der Waals surface area contributed by atoms with Crippen molar-refractivity contribution in [3.05, 3.63) is 87.5 Å². The minimum Gasteiger partial charge on any atom is -0.492 e. The summed E-state index contributed by atoms with van der Waals surface area (Å²) in [6.07, 6.45) is 0. The van der Waals surface area contributed by atoms with E-state index in [4.69, 9.17) is 32.7 Å². The topological polar surface area (TPSA) is 110 Å². The van der Waals surface area contributed by atoms with E-state index in [-0.39, 0.29) is 31.3 Å². The zero-order valence-corrected chi connectivity index (χ0v) is 25.6. The number of anilines is 2. The van der Waals surface area contributed by atoms with E-state index in [1.807, 2.05) is 6.07 Å².